The van der Waals surface area contributed by atoms with E-state index in [9.17, 15) is 9.59 Å². The molecule has 2 saturated heterocycles. The number of imidazole rings is 1. The molecular weight excluding hydrogens is 487 g/mol. The van der Waals surface area contributed by atoms with E-state index in [1.165, 1.54) is 23.0 Å². The van der Waals surface area contributed by atoms with E-state index in [1.807, 2.05) is 11.0 Å². The number of anilines is 2. The van der Waals surface area contributed by atoms with Gasteiger partial charge < -0.3 is 24.3 Å². The van der Waals surface area contributed by atoms with Crippen LogP contribution in [0.2, 0.25) is 0 Å². The van der Waals surface area contributed by atoms with E-state index in [0.29, 0.717) is 43.1 Å². The molecule has 0 spiro atoms. The van der Waals surface area contributed by atoms with Crippen LogP contribution < -0.4 is 9.80 Å². The SMILES string of the molecule is COC(=S)N(C)[C@@H]1CN(c2ccc(N3CCN(C(=O)c4ccc5nc[nH]c5c4)CC3)c(F)c2)C(=O)O1. The normalized spacial score (nSPS) is 17.9. The highest BCUT2D eigenvalue weighted by molar-refractivity contribution is 7.80. The molecule has 0 bridgehead atoms. The van der Waals surface area contributed by atoms with Crippen molar-refractivity contribution in [2.45, 2.75) is 6.23 Å². The molecule has 10 nitrogen and oxygen atoms in total. The minimum Gasteiger partial charge on any atom is -0.474 e. The first kappa shape index (κ1) is 23.8. The van der Waals surface area contributed by atoms with Gasteiger partial charge in [-0.15, -0.1) is 0 Å². The summed E-state index contributed by atoms with van der Waals surface area (Å²) in [5, 5.41) is 0.190. The molecule has 2 aliphatic rings. The highest BCUT2D eigenvalue weighted by Crippen LogP contribution is 2.29. The molecule has 1 N–H and O–H groups in total. The van der Waals surface area contributed by atoms with Gasteiger partial charge in [0.15, 0.2) is 6.23 Å². The third kappa shape index (κ3) is 4.39. The zero-order chi connectivity index (χ0) is 25.4. The number of hydrogen-bond donors (Lipinski definition) is 1. The number of fused-ring (bicyclic) bond motifs is 1. The highest BCUT2D eigenvalue weighted by atomic mass is 32.1. The number of carbonyl (C=O) groups is 2. The number of thiocarbonyl (C=S) groups is 1. The maximum atomic E-state index is 15.1. The molecule has 2 fully saturated rings. The zero-order valence-electron chi connectivity index (χ0n) is 19.8. The van der Waals surface area contributed by atoms with Crippen molar-refractivity contribution in [3.63, 3.8) is 0 Å². The van der Waals surface area contributed by atoms with Crippen LogP contribution in [0.5, 0.6) is 0 Å². The Morgan fingerprint density at radius 2 is 2.00 bits per heavy atom. The molecule has 3 heterocycles. The molecule has 2 amide bonds. The number of halogens is 1. The van der Waals surface area contributed by atoms with Crippen molar-refractivity contribution in [3.8, 4) is 0 Å². The molecular formula is C24H25FN6O4S. The maximum Gasteiger partial charge on any atom is 0.416 e. The lowest BCUT2D eigenvalue weighted by Gasteiger charge is -2.36. The van der Waals surface area contributed by atoms with Crippen LogP contribution in [-0.2, 0) is 9.47 Å². The van der Waals surface area contributed by atoms with Gasteiger partial charge in [0.2, 0.25) is 0 Å². The van der Waals surface area contributed by atoms with Crippen molar-refractivity contribution >= 4 is 51.8 Å². The third-order valence-electron chi connectivity index (χ3n) is 6.51. The number of aromatic amines is 1. The number of ether oxygens (including phenoxy) is 2. The third-order valence-corrected chi connectivity index (χ3v) is 6.96. The molecule has 0 saturated carbocycles. The lowest BCUT2D eigenvalue weighted by molar-refractivity contribution is 0.0677. The fourth-order valence-electron chi connectivity index (χ4n) is 4.44. The molecule has 2 aliphatic heterocycles. The lowest BCUT2D eigenvalue weighted by atomic mass is 10.1. The minimum absolute atomic E-state index is 0.0676. The van der Waals surface area contributed by atoms with Crippen LogP contribution in [0.4, 0.5) is 20.6 Å². The number of hydrogen-bond acceptors (Lipinski definition) is 7. The monoisotopic (exact) mass is 512 g/mol. The number of carbonyl (C=O) groups excluding carboxylic acids is 2. The van der Waals surface area contributed by atoms with Gasteiger partial charge in [-0.1, -0.05) is 0 Å². The Balaban J connectivity index is 1.23. The summed E-state index contributed by atoms with van der Waals surface area (Å²) in [5.41, 5.74) is 3.01. The molecule has 1 atom stereocenters. The van der Waals surface area contributed by atoms with Crippen LogP contribution in [-0.4, -0.2) is 90.1 Å². The molecule has 0 unspecified atom stereocenters. The Labute approximate surface area is 212 Å². The predicted molar refractivity (Wildman–Crippen MR) is 136 cm³/mol. The number of rotatable bonds is 4. The van der Waals surface area contributed by atoms with Gasteiger partial charge >= 0.3 is 6.09 Å². The Hall–Kier alpha value is -3.93. The second kappa shape index (κ2) is 9.61. The number of likely N-dealkylation sites (N-methyl/N-ethyl adjacent to an activating group) is 1. The minimum atomic E-state index is -0.632. The molecule has 0 radical (unpaired) electrons. The van der Waals surface area contributed by atoms with Crippen LogP contribution in [0.25, 0.3) is 11.0 Å². The summed E-state index contributed by atoms with van der Waals surface area (Å²) in [7, 11) is 3.11. The fourth-order valence-corrected chi connectivity index (χ4v) is 4.56. The van der Waals surface area contributed by atoms with Crippen molar-refractivity contribution in [2.75, 3.05) is 56.7 Å². The Kier molecular flexibility index (Phi) is 6.35. The summed E-state index contributed by atoms with van der Waals surface area (Å²) >= 11 is 5.09. The molecule has 36 heavy (non-hydrogen) atoms. The van der Waals surface area contributed by atoms with Crippen molar-refractivity contribution in [2.24, 2.45) is 0 Å². The number of methoxy groups -OCH3 is 1. The van der Waals surface area contributed by atoms with E-state index < -0.39 is 18.1 Å². The van der Waals surface area contributed by atoms with Gasteiger partial charge in [-0.25, -0.2) is 14.2 Å². The van der Waals surface area contributed by atoms with E-state index in [4.69, 9.17) is 21.7 Å². The summed E-state index contributed by atoms with van der Waals surface area (Å²) in [6.07, 6.45) is 0.378. The lowest BCUT2D eigenvalue weighted by Crippen LogP contribution is -2.49. The quantitative estimate of drug-likeness (QED) is 0.534. The number of benzene rings is 2. The number of cyclic esters (lactones) is 1. The van der Waals surface area contributed by atoms with Crippen LogP contribution in [0.3, 0.4) is 0 Å². The van der Waals surface area contributed by atoms with Crippen LogP contribution in [0, 0.1) is 5.82 Å². The number of nitrogens with zero attached hydrogens (tertiary/aromatic N) is 5. The Morgan fingerprint density at radius 1 is 1.22 bits per heavy atom. The van der Waals surface area contributed by atoms with E-state index in [0.717, 1.165) is 11.0 Å². The van der Waals surface area contributed by atoms with Gasteiger partial charge in [0.25, 0.3) is 11.1 Å². The maximum absolute atomic E-state index is 15.1. The van der Waals surface area contributed by atoms with Gasteiger partial charge in [0.1, 0.15) is 5.82 Å². The summed E-state index contributed by atoms with van der Waals surface area (Å²) in [5.74, 6) is -0.518. The Morgan fingerprint density at radius 3 is 2.72 bits per heavy atom. The predicted octanol–water partition coefficient (Wildman–Crippen LogP) is 2.81. The van der Waals surface area contributed by atoms with Crippen molar-refractivity contribution < 1.29 is 23.5 Å². The van der Waals surface area contributed by atoms with Crippen LogP contribution in [0.15, 0.2) is 42.7 Å². The Bertz CT molecular complexity index is 1320. The topological polar surface area (TPSA) is 94.2 Å². The molecule has 3 aromatic rings. The fraction of sp³-hybridized carbons (Fsp3) is 0.333. The molecule has 12 heteroatoms. The standard InChI is InChI=1S/C24H25FN6O4S/c1-28(24(36)34-2)21-13-31(23(33)35-21)16-4-6-20(17(25)12-16)29-7-9-30(10-8-29)22(32)15-3-5-18-19(11-15)27-14-26-18/h3-6,11-12,14,21H,7-10,13H2,1-2H3,(H,26,27)/t21-/m0/s1. The van der Waals surface area contributed by atoms with Gasteiger partial charge in [0, 0.05) is 38.8 Å². The number of amides is 2. The second-order valence-electron chi connectivity index (χ2n) is 8.58. The molecule has 0 aliphatic carbocycles. The van der Waals surface area contributed by atoms with Gasteiger partial charge in [0.05, 0.1) is 42.4 Å². The summed E-state index contributed by atoms with van der Waals surface area (Å²) in [6, 6.07) is 10.0. The number of aromatic nitrogens is 2. The average Bonchev–Trinajstić information content (AvgIpc) is 3.53. The van der Waals surface area contributed by atoms with Crippen molar-refractivity contribution in [1.29, 1.82) is 0 Å². The zero-order valence-corrected chi connectivity index (χ0v) is 20.6. The van der Waals surface area contributed by atoms with E-state index in [-0.39, 0.29) is 17.6 Å². The smallest absolute Gasteiger partial charge is 0.416 e. The summed E-state index contributed by atoms with van der Waals surface area (Å²) in [6.45, 7) is 2.09. The number of H-pyrrole nitrogens is 1. The highest BCUT2D eigenvalue weighted by Gasteiger charge is 2.36. The first-order chi connectivity index (χ1) is 17.4. The second-order valence-corrected chi connectivity index (χ2v) is 8.93. The van der Waals surface area contributed by atoms with Crippen molar-refractivity contribution in [1.82, 2.24) is 19.8 Å². The summed E-state index contributed by atoms with van der Waals surface area (Å²) in [4.78, 5) is 39.1. The number of nitrogens with one attached hydrogen (secondary N) is 1. The largest absolute Gasteiger partial charge is 0.474 e. The average molecular weight is 513 g/mol. The van der Waals surface area contributed by atoms with Gasteiger partial charge in [-0.3, -0.25) is 14.6 Å². The summed E-state index contributed by atoms with van der Waals surface area (Å²) < 4.78 is 25.5. The molecule has 5 rings (SSSR count). The molecule has 1 aromatic heterocycles. The van der Waals surface area contributed by atoms with E-state index in [1.54, 1.807) is 42.5 Å². The van der Waals surface area contributed by atoms with Crippen LogP contribution in [0.1, 0.15) is 10.4 Å². The molecule has 188 valence electrons. The van der Waals surface area contributed by atoms with Crippen LogP contribution >= 0.6 is 12.2 Å². The van der Waals surface area contributed by atoms with E-state index in [2.05, 4.69) is 9.97 Å². The van der Waals surface area contributed by atoms with Gasteiger partial charge in [-0.05, 0) is 48.6 Å². The van der Waals surface area contributed by atoms with E-state index >= 15 is 4.39 Å². The first-order valence-electron chi connectivity index (χ1n) is 11.4. The van der Waals surface area contributed by atoms with Gasteiger partial charge in [-0.2, -0.15) is 0 Å². The first-order valence-corrected chi connectivity index (χ1v) is 11.8. The van der Waals surface area contributed by atoms with Crippen molar-refractivity contribution in [3.05, 3.63) is 54.1 Å². The molecule has 2 aromatic carbocycles. The number of piperazine rings is 1.